The molecule has 2 aromatic rings. The smallest absolute Gasteiger partial charge is 0.0914 e. The largest absolute Gasteiger partial charge is 0.387 e. The third-order valence-corrected chi connectivity index (χ3v) is 3.24. The lowest BCUT2D eigenvalue weighted by molar-refractivity contribution is 0.170. The molecule has 0 aliphatic rings. The van der Waals surface area contributed by atoms with Crippen molar-refractivity contribution in [3.05, 3.63) is 71.8 Å². The average molecular weight is 266 g/mol. The van der Waals surface area contributed by atoms with Gasteiger partial charge < -0.3 is 10.4 Å². The number of nitriles is 1. The first-order chi connectivity index (χ1) is 9.81. The zero-order valence-electron chi connectivity index (χ0n) is 11.2. The molecule has 2 aromatic carbocycles. The van der Waals surface area contributed by atoms with Gasteiger partial charge in [0.25, 0.3) is 0 Å². The van der Waals surface area contributed by atoms with Gasteiger partial charge >= 0.3 is 0 Å². The molecule has 0 bridgehead atoms. The Labute approximate surface area is 119 Å². The lowest BCUT2D eigenvalue weighted by atomic mass is 10.0. The standard InChI is InChI=1S/C17H18N2O/c18-12-11-16(14-7-3-1-4-8-14)19-13-17(20)15-9-5-2-6-10-15/h1-10,16-17,19-20H,11,13H2. The Bertz CT molecular complexity index is 548. The molecule has 3 nitrogen and oxygen atoms in total. The summed E-state index contributed by atoms with van der Waals surface area (Å²) in [6.07, 6.45) is -0.188. The SMILES string of the molecule is N#CCC(NCC(O)c1ccccc1)c1ccccc1. The quantitative estimate of drug-likeness (QED) is 0.845. The van der Waals surface area contributed by atoms with E-state index in [1.807, 2.05) is 60.7 Å². The predicted molar refractivity (Wildman–Crippen MR) is 78.8 cm³/mol. The van der Waals surface area contributed by atoms with Gasteiger partial charge in [0.2, 0.25) is 0 Å². The molecule has 20 heavy (non-hydrogen) atoms. The minimum Gasteiger partial charge on any atom is -0.387 e. The van der Waals surface area contributed by atoms with E-state index < -0.39 is 6.10 Å². The molecule has 0 saturated carbocycles. The van der Waals surface area contributed by atoms with E-state index in [-0.39, 0.29) is 6.04 Å². The lowest BCUT2D eigenvalue weighted by Crippen LogP contribution is -2.26. The van der Waals surface area contributed by atoms with Gasteiger partial charge in [-0.15, -0.1) is 0 Å². The highest BCUT2D eigenvalue weighted by Crippen LogP contribution is 2.18. The fourth-order valence-electron chi connectivity index (χ4n) is 2.13. The fourth-order valence-corrected chi connectivity index (χ4v) is 2.13. The van der Waals surface area contributed by atoms with Crippen LogP contribution in [0, 0.1) is 11.3 Å². The maximum Gasteiger partial charge on any atom is 0.0914 e. The molecule has 2 unspecified atom stereocenters. The van der Waals surface area contributed by atoms with E-state index in [1.54, 1.807) is 0 Å². The van der Waals surface area contributed by atoms with Crippen molar-refractivity contribution in [1.82, 2.24) is 5.32 Å². The van der Waals surface area contributed by atoms with E-state index in [2.05, 4.69) is 11.4 Å². The van der Waals surface area contributed by atoms with Gasteiger partial charge in [-0.05, 0) is 11.1 Å². The fraction of sp³-hybridized carbons (Fsp3) is 0.235. The first-order valence-electron chi connectivity index (χ1n) is 6.69. The van der Waals surface area contributed by atoms with Crippen LogP contribution in [-0.4, -0.2) is 11.7 Å². The predicted octanol–water partition coefficient (Wildman–Crippen LogP) is 2.96. The van der Waals surface area contributed by atoms with Gasteiger partial charge in [-0.1, -0.05) is 60.7 Å². The molecular formula is C17H18N2O. The molecule has 0 radical (unpaired) electrons. The van der Waals surface area contributed by atoms with Crippen molar-refractivity contribution in [2.45, 2.75) is 18.6 Å². The Balaban J connectivity index is 1.98. The number of benzene rings is 2. The second kappa shape index (κ2) is 7.44. The van der Waals surface area contributed by atoms with Crippen LogP contribution in [0.25, 0.3) is 0 Å². The van der Waals surface area contributed by atoms with E-state index >= 15 is 0 Å². The zero-order chi connectivity index (χ0) is 14.2. The summed E-state index contributed by atoms with van der Waals surface area (Å²) in [6.45, 7) is 0.422. The summed E-state index contributed by atoms with van der Waals surface area (Å²) < 4.78 is 0. The normalized spacial score (nSPS) is 13.4. The summed E-state index contributed by atoms with van der Waals surface area (Å²) in [4.78, 5) is 0. The van der Waals surface area contributed by atoms with Gasteiger partial charge in [0.1, 0.15) is 0 Å². The van der Waals surface area contributed by atoms with Crippen molar-refractivity contribution in [2.24, 2.45) is 0 Å². The van der Waals surface area contributed by atoms with Gasteiger partial charge in [0, 0.05) is 12.6 Å². The van der Waals surface area contributed by atoms with Crippen LogP contribution in [-0.2, 0) is 0 Å². The van der Waals surface area contributed by atoms with Crippen LogP contribution in [0.1, 0.15) is 29.7 Å². The number of nitrogens with zero attached hydrogens (tertiary/aromatic N) is 1. The number of nitrogens with one attached hydrogen (secondary N) is 1. The molecule has 0 saturated heterocycles. The molecule has 0 heterocycles. The Morgan fingerprint density at radius 2 is 1.50 bits per heavy atom. The monoisotopic (exact) mass is 266 g/mol. The number of hydrogen-bond donors (Lipinski definition) is 2. The number of aliphatic hydroxyl groups excluding tert-OH is 1. The van der Waals surface area contributed by atoms with Crippen molar-refractivity contribution in [3.8, 4) is 6.07 Å². The van der Waals surface area contributed by atoms with Crippen LogP contribution < -0.4 is 5.32 Å². The molecule has 0 aliphatic heterocycles. The first kappa shape index (κ1) is 14.3. The second-order valence-electron chi connectivity index (χ2n) is 4.66. The van der Waals surface area contributed by atoms with Crippen molar-refractivity contribution in [2.75, 3.05) is 6.54 Å². The molecule has 102 valence electrons. The molecule has 0 spiro atoms. The highest BCUT2D eigenvalue weighted by Gasteiger charge is 2.13. The first-order valence-corrected chi connectivity index (χ1v) is 6.69. The summed E-state index contributed by atoms with van der Waals surface area (Å²) in [7, 11) is 0. The summed E-state index contributed by atoms with van der Waals surface area (Å²) in [6, 6.07) is 21.5. The molecule has 0 aliphatic carbocycles. The highest BCUT2D eigenvalue weighted by atomic mass is 16.3. The Morgan fingerprint density at radius 3 is 2.05 bits per heavy atom. The Hall–Kier alpha value is -2.15. The summed E-state index contributed by atoms with van der Waals surface area (Å²) in [5.41, 5.74) is 1.94. The minimum atomic E-state index is -0.568. The van der Waals surface area contributed by atoms with Gasteiger partial charge in [-0.2, -0.15) is 5.26 Å². The summed E-state index contributed by atoms with van der Waals surface area (Å²) in [5, 5.41) is 22.3. The lowest BCUT2D eigenvalue weighted by Gasteiger charge is -2.19. The molecular weight excluding hydrogens is 248 g/mol. The van der Waals surface area contributed by atoms with Crippen LogP contribution in [0.3, 0.4) is 0 Å². The third-order valence-electron chi connectivity index (χ3n) is 3.24. The van der Waals surface area contributed by atoms with E-state index in [9.17, 15) is 5.11 Å². The summed E-state index contributed by atoms with van der Waals surface area (Å²) >= 11 is 0. The van der Waals surface area contributed by atoms with Gasteiger partial charge in [0.15, 0.2) is 0 Å². The Kier molecular flexibility index (Phi) is 5.31. The molecule has 2 atom stereocenters. The number of rotatable bonds is 6. The molecule has 3 heteroatoms. The van der Waals surface area contributed by atoms with Crippen molar-refractivity contribution >= 4 is 0 Å². The van der Waals surface area contributed by atoms with Crippen molar-refractivity contribution < 1.29 is 5.11 Å². The third kappa shape index (κ3) is 3.92. The molecule has 0 amide bonds. The molecule has 2 rings (SSSR count). The van der Waals surface area contributed by atoms with Gasteiger partial charge in [-0.3, -0.25) is 0 Å². The topological polar surface area (TPSA) is 56.0 Å². The molecule has 2 N–H and O–H groups in total. The number of aliphatic hydroxyl groups is 1. The average Bonchev–Trinajstić information content (AvgIpc) is 2.53. The van der Waals surface area contributed by atoms with Gasteiger partial charge in [0.05, 0.1) is 18.6 Å². The van der Waals surface area contributed by atoms with E-state index in [0.717, 1.165) is 11.1 Å². The number of hydrogen-bond acceptors (Lipinski definition) is 3. The maximum atomic E-state index is 10.1. The zero-order valence-corrected chi connectivity index (χ0v) is 11.2. The Morgan fingerprint density at radius 1 is 0.950 bits per heavy atom. The minimum absolute atomic E-state index is 0.0560. The van der Waals surface area contributed by atoms with Crippen LogP contribution in [0.2, 0.25) is 0 Å². The van der Waals surface area contributed by atoms with Crippen molar-refractivity contribution in [1.29, 1.82) is 5.26 Å². The van der Waals surface area contributed by atoms with E-state index in [1.165, 1.54) is 0 Å². The van der Waals surface area contributed by atoms with E-state index in [4.69, 9.17) is 5.26 Å². The summed E-state index contributed by atoms with van der Waals surface area (Å²) in [5.74, 6) is 0. The van der Waals surface area contributed by atoms with Gasteiger partial charge in [-0.25, -0.2) is 0 Å². The van der Waals surface area contributed by atoms with Crippen LogP contribution in [0.15, 0.2) is 60.7 Å². The van der Waals surface area contributed by atoms with E-state index in [0.29, 0.717) is 13.0 Å². The maximum absolute atomic E-state index is 10.1. The van der Waals surface area contributed by atoms with Crippen LogP contribution in [0.4, 0.5) is 0 Å². The van der Waals surface area contributed by atoms with Crippen LogP contribution >= 0.6 is 0 Å². The van der Waals surface area contributed by atoms with Crippen molar-refractivity contribution in [3.63, 3.8) is 0 Å². The molecule has 0 aromatic heterocycles. The molecule has 0 fully saturated rings. The van der Waals surface area contributed by atoms with Crippen LogP contribution in [0.5, 0.6) is 0 Å². The second-order valence-corrected chi connectivity index (χ2v) is 4.66. The highest BCUT2D eigenvalue weighted by molar-refractivity contribution is 5.21.